The van der Waals surface area contributed by atoms with Crippen molar-refractivity contribution < 1.29 is 14.1 Å². The highest BCUT2D eigenvalue weighted by molar-refractivity contribution is 6.33. The molecule has 1 aromatic carbocycles. The molecule has 0 N–H and O–H groups in total. The number of rotatable bonds is 4. The number of morpholine rings is 1. The number of hydrogen-bond donors (Lipinski definition) is 0. The van der Waals surface area contributed by atoms with E-state index >= 15 is 0 Å². The first kappa shape index (κ1) is 17.8. The van der Waals surface area contributed by atoms with Crippen molar-refractivity contribution in [3.05, 3.63) is 45.5 Å². The molecule has 0 unspecified atom stereocenters. The molecule has 0 spiro atoms. The summed E-state index contributed by atoms with van der Waals surface area (Å²) in [7, 11) is 0. The van der Waals surface area contributed by atoms with Gasteiger partial charge in [0.05, 0.1) is 12.0 Å². The van der Waals surface area contributed by atoms with Gasteiger partial charge in [-0.1, -0.05) is 41.2 Å². The van der Waals surface area contributed by atoms with Crippen molar-refractivity contribution >= 4 is 29.1 Å². The first-order valence-corrected chi connectivity index (χ1v) is 9.48. The Morgan fingerprint density at radius 2 is 2.04 bits per heavy atom. The lowest BCUT2D eigenvalue weighted by molar-refractivity contribution is -0.143. The lowest BCUT2D eigenvalue weighted by Gasteiger charge is -2.27. The van der Waals surface area contributed by atoms with Crippen LogP contribution >= 0.6 is 23.2 Å². The zero-order valence-corrected chi connectivity index (χ0v) is 15.7. The van der Waals surface area contributed by atoms with E-state index in [0.29, 0.717) is 41.5 Å². The van der Waals surface area contributed by atoms with E-state index in [1.807, 2.05) is 12.1 Å². The van der Waals surface area contributed by atoms with Gasteiger partial charge in [0, 0.05) is 16.6 Å². The minimum absolute atomic E-state index is 0.0653. The van der Waals surface area contributed by atoms with Crippen molar-refractivity contribution in [1.29, 1.82) is 0 Å². The number of carbonyl (C=O) groups excluding carboxylic acids is 1. The fourth-order valence-electron chi connectivity index (χ4n) is 3.85. The van der Waals surface area contributed by atoms with Gasteiger partial charge in [-0.2, -0.15) is 4.98 Å². The normalized spacial score (nSPS) is 19.9. The molecule has 2 fully saturated rings. The van der Waals surface area contributed by atoms with Crippen LogP contribution in [-0.4, -0.2) is 40.7 Å². The summed E-state index contributed by atoms with van der Waals surface area (Å²) in [4.78, 5) is 18.2. The van der Waals surface area contributed by atoms with Crippen molar-refractivity contribution in [2.45, 2.75) is 37.6 Å². The number of amides is 1. The van der Waals surface area contributed by atoms with Gasteiger partial charge in [0.15, 0.2) is 5.82 Å². The van der Waals surface area contributed by atoms with E-state index in [1.54, 1.807) is 11.0 Å². The Labute approximate surface area is 161 Å². The highest BCUT2D eigenvalue weighted by Crippen LogP contribution is 2.48. The highest BCUT2D eigenvalue weighted by Gasteiger charge is 2.43. The number of carbonyl (C=O) groups is 1. The summed E-state index contributed by atoms with van der Waals surface area (Å²) in [5, 5.41) is 5.55. The number of aromatic nitrogens is 2. The SMILES string of the molecule is O=C1COCCN1Cc1nc(C2(c3cc(Cl)ccc3Cl)CCCC2)no1. The van der Waals surface area contributed by atoms with Crippen molar-refractivity contribution in [2.75, 3.05) is 19.8 Å². The maximum atomic E-state index is 11.9. The predicted octanol–water partition coefficient (Wildman–Crippen LogP) is 3.60. The van der Waals surface area contributed by atoms with Crippen LogP contribution in [-0.2, 0) is 21.5 Å². The number of benzene rings is 1. The molecule has 0 bridgehead atoms. The minimum Gasteiger partial charge on any atom is -0.370 e. The van der Waals surface area contributed by atoms with Gasteiger partial charge in [0.2, 0.25) is 11.8 Å². The highest BCUT2D eigenvalue weighted by atomic mass is 35.5. The van der Waals surface area contributed by atoms with E-state index < -0.39 is 5.41 Å². The molecule has 0 atom stereocenters. The molecule has 2 aliphatic rings. The molecule has 6 nitrogen and oxygen atoms in total. The number of ether oxygens (including phenoxy) is 1. The standard InChI is InChI=1S/C18H19Cl2N3O3/c19-12-3-4-14(20)13(9-12)18(5-1-2-6-18)17-21-15(26-22-17)10-23-7-8-25-11-16(23)24/h3-4,9H,1-2,5-8,10-11H2. The van der Waals surface area contributed by atoms with E-state index in [0.717, 1.165) is 31.2 Å². The molecule has 1 aliphatic heterocycles. The fourth-order valence-corrected chi connectivity index (χ4v) is 4.32. The number of halogens is 2. The average Bonchev–Trinajstić information content (AvgIpc) is 3.29. The monoisotopic (exact) mass is 395 g/mol. The third-order valence-corrected chi connectivity index (χ3v) is 5.77. The fraction of sp³-hybridized carbons (Fsp3) is 0.500. The van der Waals surface area contributed by atoms with Gasteiger partial charge in [-0.15, -0.1) is 0 Å². The summed E-state index contributed by atoms with van der Waals surface area (Å²) in [5.74, 6) is 0.985. The van der Waals surface area contributed by atoms with Gasteiger partial charge >= 0.3 is 0 Å². The van der Waals surface area contributed by atoms with Crippen LogP contribution in [0.15, 0.2) is 22.7 Å². The van der Waals surface area contributed by atoms with E-state index in [-0.39, 0.29) is 12.5 Å². The Morgan fingerprint density at radius 3 is 2.81 bits per heavy atom. The summed E-state index contributed by atoms with van der Waals surface area (Å²) in [6.07, 6.45) is 3.91. The Balaban J connectivity index is 1.65. The second-order valence-corrected chi connectivity index (χ2v) is 7.64. The average molecular weight is 396 g/mol. The molecule has 1 saturated carbocycles. The summed E-state index contributed by atoms with van der Waals surface area (Å²) in [5.41, 5.74) is 0.553. The largest absolute Gasteiger partial charge is 0.370 e. The molecule has 1 amide bonds. The first-order chi connectivity index (χ1) is 12.6. The van der Waals surface area contributed by atoms with Crippen molar-refractivity contribution in [2.24, 2.45) is 0 Å². The van der Waals surface area contributed by atoms with Crippen LogP contribution < -0.4 is 0 Å². The maximum Gasteiger partial charge on any atom is 0.249 e. The molecule has 2 aromatic rings. The van der Waals surface area contributed by atoms with Crippen LogP contribution in [0.3, 0.4) is 0 Å². The lowest BCUT2D eigenvalue weighted by atomic mass is 9.78. The molecule has 1 saturated heterocycles. The zero-order chi connectivity index (χ0) is 18.1. The van der Waals surface area contributed by atoms with Gasteiger partial charge in [0.1, 0.15) is 13.2 Å². The van der Waals surface area contributed by atoms with E-state index in [4.69, 9.17) is 32.5 Å². The van der Waals surface area contributed by atoms with Crippen molar-refractivity contribution in [1.82, 2.24) is 15.0 Å². The molecule has 1 aromatic heterocycles. The summed E-state index contributed by atoms with van der Waals surface area (Å²) in [6, 6.07) is 5.49. The molecule has 2 heterocycles. The van der Waals surface area contributed by atoms with Gasteiger partial charge in [-0.25, -0.2) is 0 Å². The third kappa shape index (κ3) is 3.21. The minimum atomic E-state index is -0.390. The summed E-state index contributed by atoms with van der Waals surface area (Å²) in [6.45, 7) is 1.45. The Kier molecular flexibility index (Phi) is 4.90. The number of nitrogens with zero attached hydrogens (tertiary/aromatic N) is 3. The van der Waals surface area contributed by atoms with Crippen LogP contribution in [0.5, 0.6) is 0 Å². The summed E-state index contributed by atoms with van der Waals surface area (Å²) < 4.78 is 10.6. The molecule has 8 heteroatoms. The van der Waals surface area contributed by atoms with Gasteiger partial charge < -0.3 is 14.2 Å². The molecule has 26 heavy (non-hydrogen) atoms. The Morgan fingerprint density at radius 1 is 1.23 bits per heavy atom. The van der Waals surface area contributed by atoms with Gasteiger partial charge in [0.25, 0.3) is 0 Å². The predicted molar refractivity (Wildman–Crippen MR) is 96.2 cm³/mol. The van der Waals surface area contributed by atoms with Crippen molar-refractivity contribution in [3.8, 4) is 0 Å². The first-order valence-electron chi connectivity index (χ1n) is 8.73. The van der Waals surface area contributed by atoms with Crippen LogP contribution in [0.2, 0.25) is 10.0 Å². The third-order valence-electron chi connectivity index (χ3n) is 5.21. The maximum absolute atomic E-state index is 11.9. The smallest absolute Gasteiger partial charge is 0.249 e. The lowest BCUT2D eigenvalue weighted by Crippen LogP contribution is -2.41. The Hall–Kier alpha value is -1.63. The summed E-state index contributed by atoms with van der Waals surface area (Å²) >= 11 is 12.7. The van der Waals surface area contributed by atoms with E-state index in [9.17, 15) is 4.79 Å². The molecule has 0 radical (unpaired) electrons. The van der Waals surface area contributed by atoms with Crippen LogP contribution in [0.1, 0.15) is 43.0 Å². The topological polar surface area (TPSA) is 68.5 Å². The number of hydrogen-bond acceptors (Lipinski definition) is 5. The van der Waals surface area contributed by atoms with Crippen LogP contribution in [0.4, 0.5) is 0 Å². The molecular weight excluding hydrogens is 377 g/mol. The van der Waals surface area contributed by atoms with Gasteiger partial charge in [-0.05, 0) is 36.6 Å². The van der Waals surface area contributed by atoms with Crippen LogP contribution in [0, 0.1) is 0 Å². The molecule has 138 valence electrons. The van der Waals surface area contributed by atoms with E-state index in [2.05, 4.69) is 10.1 Å². The zero-order valence-electron chi connectivity index (χ0n) is 14.2. The molecular formula is C18H19Cl2N3O3. The molecule has 1 aliphatic carbocycles. The van der Waals surface area contributed by atoms with E-state index in [1.165, 1.54) is 0 Å². The van der Waals surface area contributed by atoms with Gasteiger partial charge in [-0.3, -0.25) is 4.79 Å². The second-order valence-electron chi connectivity index (χ2n) is 6.79. The quantitative estimate of drug-likeness (QED) is 0.790. The molecule has 4 rings (SSSR count). The van der Waals surface area contributed by atoms with Crippen LogP contribution in [0.25, 0.3) is 0 Å². The Bertz CT molecular complexity index is 818. The second kappa shape index (κ2) is 7.18. The van der Waals surface area contributed by atoms with Crippen molar-refractivity contribution in [3.63, 3.8) is 0 Å².